The van der Waals surface area contributed by atoms with Crippen molar-refractivity contribution in [2.75, 3.05) is 13.1 Å². The highest BCUT2D eigenvalue weighted by atomic mass is 16.1. The number of hydrogen-bond acceptors (Lipinski definition) is 4. The molecule has 0 aromatic rings. The van der Waals surface area contributed by atoms with Crippen molar-refractivity contribution in [1.82, 2.24) is 16.0 Å². The molecule has 0 aromatic carbocycles. The summed E-state index contributed by atoms with van der Waals surface area (Å²) < 4.78 is 0. The molecule has 4 heteroatoms. The van der Waals surface area contributed by atoms with E-state index in [1.807, 2.05) is 0 Å². The van der Waals surface area contributed by atoms with Gasteiger partial charge in [0.2, 0.25) is 0 Å². The molecule has 4 nitrogen and oxygen atoms in total. The van der Waals surface area contributed by atoms with Crippen LogP contribution in [0.4, 0.5) is 0 Å². The molecule has 3 aliphatic rings. The van der Waals surface area contributed by atoms with Gasteiger partial charge in [0.05, 0.1) is 12.2 Å². The molecular formula is C14H25N3O. The Bertz CT molecular complexity index is 344. The number of fused-ring (bicyclic) bond motifs is 3. The fourth-order valence-corrected chi connectivity index (χ4v) is 4.49. The third-order valence-electron chi connectivity index (χ3n) is 5.20. The largest absolute Gasteiger partial charge is 0.316 e. The van der Waals surface area contributed by atoms with Crippen LogP contribution < -0.4 is 16.0 Å². The Hall–Kier alpha value is -0.450. The van der Waals surface area contributed by atoms with Crippen LogP contribution in [-0.2, 0) is 4.79 Å². The van der Waals surface area contributed by atoms with E-state index in [1.165, 1.54) is 6.42 Å². The van der Waals surface area contributed by atoms with E-state index in [1.54, 1.807) is 6.92 Å². The first-order chi connectivity index (χ1) is 8.59. The van der Waals surface area contributed by atoms with Gasteiger partial charge in [0, 0.05) is 6.04 Å². The first-order valence-corrected chi connectivity index (χ1v) is 7.33. The second-order valence-corrected chi connectivity index (χ2v) is 6.56. The topological polar surface area (TPSA) is 53.2 Å². The van der Waals surface area contributed by atoms with Crippen molar-refractivity contribution in [1.29, 1.82) is 0 Å². The first kappa shape index (κ1) is 12.6. The van der Waals surface area contributed by atoms with Gasteiger partial charge in [-0.1, -0.05) is 13.8 Å². The normalized spacial score (nSPS) is 47.1. The van der Waals surface area contributed by atoms with Crippen molar-refractivity contribution in [2.24, 2.45) is 23.7 Å². The quantitative estimate of drug-likeness (QED) is 0.662. The van der Waals surface area contributed by atoms with E-state index in [9.17, 15) is 4.79 Å². The summed E-state index contributed by atoms with van der Waals surface area (Å²) in [6, 6.07) is 0.693. The zero-order valence-corrected chi connectivity index (χ0v) is 11.6. The average Bonchev–Trinajstić information content (AvgIpc) is 2.83. The van der Waals surface area contributed by atoms with Crippen LogP contribution in [0.1, 0.15) is 27.2 Å². The highest BCUT2D eigenvalue weighted by Gasteiger charge is 2.55. The van der Waals surface area contributed by atoms with Crippen LogP contribution in [-0.4, -0.2) is 37.1 Å². The number of hydrogen-bond donors (Lipinski definition) is 3. The Balaban J connectivity index is 1.86. The molecule has 102 valence electrons. The minimum atomic E-state index is 0.0513. The van der Waals surface area contributed by atoms with E-state index in [-0.39, 0.29) is 6.04 Å². The summed E-state index contributed by atoms with van der Waals surface area (Å²) >= 11 is 0. The van der Waals surface area contributed by atoms with E-state index < -0.39 is 0 Å². The molecule has 6 unspecified atom stereocenters. The zero-order valence-electron chi connectivity index (χ0n) is 11.6. The Morgan fingerprint density at radius 1 is 1.28 bits per heavy atom. The maximum atomic E-state index is 11.8. The van der Waals surface area contributed by atoms with Gasteiger partial charge >= 0.3 is 0 Å². The highest BCUT2D eigenvalue weighted by Crippen LogP contribution is 2.44. The van der Waals surface area contributed by atoms with Gasteiger partial charge in [0.25, 0.3) is 0 Å². The third kappa shape index (κ3) is 1.82. The van der Waals surface area contributed by atoms with E-state index >= 15 is 0 Å². The summed E-state index contributed by atoms with van der Waals surface area (Å²) in [4.78, 5) is 11.8. The zero-order chi connectivity index (χ0) is 12.9. The summed E-state index contributed by atoms with van der Waals surface area (Å²) in [5, 5.41) is 10.8. The van der Waals surface area contributed by atoms with E-state index in [0.29, 0.717) is 41.7 Å². The Labute approximate surface area is 109 Å². The second-order valence-electron chi connectivity index (χ2n) is 6.56. The van der Waals surface area contributed by atoms with E-state index in [4.69, 9.17) is 0 Å². The summed E-state index contributed by atoms with van der Waals surface area (Å²) in [6.07, 6.45) is 1.57. The Morgan fingerprint density at radius 3 is 2.72 bits per heavy atom. The van der Waals surface area contributed by atoms with Crippen LogP contribution in [0.2, 0.25) is 0 Å². The Morgan fingerprint density at radius 2 is 2.06 bits per heavy atom. The van der Waals surface area contributed by atoms with Crippen LogP contribution in [0.15, 0.2) is 0 Å². The number of ketones is 1. The number of carbonyl (C=O) groups is 1. The lowest BCUT2D eigenvalue weighted by Crippen LogP contribution is -2.49. The van der Waals surface area contributed by atoms with Gasteiger partial charge in [0.15, 0.2) is 0 Å². The predicted octanol–water partition coefficient (Wildman–Crippen LogP) is 0.343. The lowest BCUT2D eigenvalue weighted by atomic mass is 9.72. The molecule has 0 spiro atoms. The molecule has 3 rings (SSSR count). The lowest BCUT2D eigenvalue weighted by molar-refractivity contribution is -0.120. The summed E-state index contributed by atoms with van der Waals surface area (Å²) in [5.41, 5.74) is 0. The van der Waals surface area contributed by atoms with Gasteiger partial charge < -0.3 is 5.32 Å². The molecule has 3 saturated heterocycles. The van der Waals surface area contributed by atoms with Crippen LogP contribution in [0.25, 0.3) is 0 Å². The SMILES string of the molecule is CC(=O)C1NC2NC3CCNCC3C2C1C(C)C. The fraction of sp³-hybridized carbons (Fsp3) is 0.929. The third-order valence-corrected chi connectivity index (χ3v) is 5.20. The van der Waals surface area contributed by atoms with Crippen LogP contribution in [0, 0.1) is 23.7 Å². The van der Waals surface area contributed by atoms with Crippen molar-refractivity contribution in [3.8, 4) is 0 Å². The summed E-state index contributed by atoms with van der Waals surface area (Å²) in [5.74, 6) is 2.63. The van der Waals surface area contributed by atoms with Crippen molar-refractivity contribution in [2.45, 2.75) is 45.4 Å². The number of carbonyl (C=O) groups excluding carboxylic acids is 1. The smallest absolute Gasteiger partial charge is 0.147 e. The molecular weight excluding hydrogens is 226 g/mol. The van der Waals surface area contributed by atoms with Gasteiger partial charge in [-0.15, -0.1) is 0 Å². The minimum Gasteiger partial charge on any atom is -0.316 e. The van der Waals surface area contributed by atoms with Gasteiger partial charge in [-0.25, -0.2) is 0 Å². The lowest BCUT2D eigenvalue weighted by Gasteiger charge is -2.34. The van der Waals surface area contributed by atoms with E-state index in [0.717, 1.165) is 13.1 Å². The van der Waals surface area contributed by atoms with E-state index in [2.05, 4.69) is 29.8 Å². The molecule has 0 aliphatic carbocycles. The van der Waals surface area contributed by atoms with Crippen molar-refractivity contribution < 1.29 is 4.79 Å². The maximum absolute atomic E-state index is 11.8. The molecule has 3 heterocycles. The molecule has 0 bridgehead atoms. The minimum absolute atomic E-state index is 0.0513. The van der Waals surface area contributed by atoms with Gasteiger partial charge in [-0.2, -0.15) is 0 Å². The molecule has 0 aromatic heterocycles. The fourth-order valence-electron chi connectivity index (χ4n) is 4.49. The summed E-state index contributed by atoms with van der Waals surface area (Å²) in [6.45, 7) is 8.47. The molecule has 0 saturated carbocycles. The van der Waals surface area contributed by atoms with Crippen molar-refractivity contribution in [3.05, 3.63) is 0 Å². The standard InChI is InChI=1S/C14H25N3O/c1-7(2)11-12-9-6-15-5-4-10(9)16-14(12)17-13(11)8(3)18/h7,9-17H,4-6H2,1-3H3. The maximum Gasteiger partial charge on any atom is 0.147 e. The molecule has 18 heavy (non-hydrogen) atoms. The highest BCUT2D eigenvalue weighted by molar-refractivity contribution is 5.82. The molecule has 3 aliphatic heterocycles. The van der Waals surface area contributed by atoms with Gasteiger partial charge in [-0.3, -0.25) is 15.4 Å². The molecule has 3 N–H and O–H groups in total. The number of Topliss-reactive ketones (excluding diaryl/α,β-unsaturated/α-hetero) is 1. The second kappa shape index (κ2) is 4.58. The number of piperidine rings is 1. The number of rotatable bonds is 2. The van der Waals surface area contributed by atoms with Crippen LogP contribution in [0.5, 0.6) is 0 Å². The molecule has 0 amide bonds. The molecule has 6 atom stereocenters. The van der Waals surface area contributed by atoms with Crippen molar-refractivity contribution >= 4 is 5.78 Å². The summed E-state index contributed by atoms with van der Waals surface area (Å²) in [7, 11) is 0. The molecule has 0 radical (unpaired) electrons. The van der Waals surface area contributed by atoms with Crippen molar-refractivity contribution in [3.63, 3.8) is 0 Å². The van der Waals surface area contributed by atoms with Crippen LogP contribution in [0.3, 0.4) is 0 Å². The monoisotopic (exact) mass is 251 g/mol. The van der Waals surface area contributed by atoms with Gasteiger partial charge in [0.1, 0.15) is 5.78 Å². The first-order valence-electron chi connectivity index (χ1n) is 7.33. The average molecular weight is 251 g/mol. The predicted molar refractivity (Wildman–Crippen MR) is 71.1 cm³/mol. The number of nitrogens with one attached hydrogen (secondary N) is 3. The van der Waals surface area contributed by atoms with Gasteiger partial charge in [-0.05, 0) is 50.1 Å². The molecule has 3 fully saturated rings. The Kier molecular flexibility index (Phi) is 3.20. The van der Waals surface area contributed by atoms with Crippen LogP contribution >= 0.6 is 0 Å².